The molecule has 1 aliphatic carbocycles. The minimum absolute atomic E-state index is 0.123. The van der Waals surface area contributed by atoms with Crippen molar-refractivity contribution in [2.75, 3.05) is 11.9 Å². The molecule has 5 nitrogen and oxygen atoms in total. The highest BCUT2D eigenvalue weighted by Gasteiger charge is 2.24. The minimum atomic E-state index is -0.123. The van der Waals surface area contributed by atoms with E-state index in [4.69, 9.17) is 5.73 Å². The van der Waals surface area contributed by atoms with E-state index in [1.807, 2.05) is 0 Å². The molecule has 1 atom stereocenters. The average Bonchev–Trinajstić information content (AvgIpc) is 2.77. The van der Waals surface area contributed by atoms with E-state index in [0.717, 1.165) is 0 Å². The summed E-state index contributed by atoms with van der Waals surface area (Å²) in [5.74, 6) is 1.87. The molecule has 2 rings (SSSR count). The summed E-state index contributed by atoms with van der Waals surface area (Å²) >= 11 is 0. The largest absolute Gasteiger partial charge is 0.366 e. The fraction of sp³-hybridized carbons (Fsp3) is 0.667. The maximum absolute atomic E-state index is 11.3. The second kappa shape index (κ2) is 5.31. The zero-order valence-electron chi connectivity index (χ0n) is 10.2. The van der Waals surface area contributed by atoms with Gasteiger partial charge >= 0.3 is 0 Å². The number of aromatic nitrogens is 2. The summed E-state index contributed by atoms with van der Waals surface area (Å²) in [4.78, 5) is 18.2. The number of aryl methyl sites for hydroxylation is 1. The summed E-state index contributed by atoms with van der Waals surface area (Å²) in [6.45, 7) is 2.36. The molecule has 0 aromatic carbocycles. The molecular weight excluding hydrogens is 216 g/mol. The van der Waals surface area contributed by atoms with Gasteiger partial charge in [-0.3, -0.25) is 4.79 Å². The van der Waals surface area contributed by atoms with Crippen molar-refractivity contribution in [3.8, 4) is 0 Å². The average molecular weight is 236 g/mol. The fourth-order valence-electron chi connectivity index (χ4n) is 2.57. The summed E-state index contributed by atoms with van der Waals surface area (Å²) in [6, 6.07) is 1.72. The lowest BCUT2D eigenvalue weighted by Crippen LogP contribution is -2.36. The summed E-state index contributed by atoms with van der Waals surface area (Å²) in [7, 11) is 0. The summed E-state index contributed by atoms with van der Waals surface area (Å²) in [5.41, 5.74) is 5.68. The van der Waals surface area contributed by atoms with Gasteiger partial charge < -0.3 is 16.0 Å². The Morgan fingerprint density at radius 2 is 2.29 bits per heavy atom. The minimum Gasteiger partial charge on any atom is -0.366 e. The normalized spacial score (nSPS) is 18.2. The molecule has 0 radical (unpaired) electrons. The SMILES string of the molecule is Cc1nc(NC(CN)C2CCCC2)cc(=O)[nH]1. The Kier molecular flexibility index (Phi) is 3.78. The van der Waals surface area contributed by atoms with Gasteiger partial charge in [0.1, 0.15) is 11.6 Å². The van der Waals surface area contributed by atoms with Gasteiger partial charge in [-0.2, -0.15) is 0 Å². The second-order valence-corrected chi connectivity index (χ2v) is 4.75. The lowest BCUT2D eigenvalue weighted by molar-refractivity contribution is 0.461. The van der Waals surface area contributed by atoms with Crippen LogP contribution in [0.1, 0.15) is 31.5 Å². The molecule has 4 N–H and O–H groups in total. The first-order valence-electron chi connectivity index (χ1n) is 6.23. The molecule has 1 aromatic heterocycles. The molecule has 5 heteroatoms. The van der Waals surface area contributed by atoms with Gasteiger partial charge in [-0.25, -0.2) is 4.98 Å². The molecule has 0 saturated heterocycles. The van der Waals surface area contributed by atoms with E-state index in [1.165, 1.54) is 31.7 Å². The van der Waals surface area contributed by atoms with Gasteiger partial charge in [-0.05, 0) is 25.7 Å². The van der Waals surface area contributed by atoms with Crippen LogP contribution < -0.4 is 16.6 Å². The van der Waals surface area contributed by atoms with E-state index in [0.29, 0.717) is 24.1 Å². The first kappa shape index (κ1) is 12.1. The fourth-order valence-corrected chi connectivity index (χ4v) is 2.57. The standard InChI is InChI=1S/C12H20N4O/c1-8-14-11(6-12(17)15-8)16-10(7-13)9-4-2-3-5-9/h6,9-10H,2-5,7,13H2,1H3,(H2,14,15,16,17). The van der Waals surface area contributed by atoms with Crippen LogP contribution >= 0.6 is 0 Å². The van der Waals surface area contributed by atoms with Crippen molar-refractivity contribution >= 4 is 5.82 Å². The zero-order chi connectivity index (χ0) is 12.3. The van der Waals surface area contributed by atoms with E-state index >= 15 is 0 Å². The summed E-state index contributed by atoms with van der Waals surface area (Å²) in [5, 5.41) is 3.30. The van der Waals surface area contributed by atoms with Crippen LogP contribution in [0.2, 0.25) is 0 Å². The summed E-state index contributed by atoms with van der Waals surface area (Å²) < 4.78 is 0. The predicted octanol–water partition coefficient (Wildman–Crippen LogP) is 1.01. The molecule has 0 aliphatic heterocycles. The quantitative estimate of drug-likeness (QED) is 0.728. The molecule has 94 valence electrons. The molecule has 1 heterocycles. The van der Waals surface area contributed by atoms with Crippen molar-refractivity contribution in [3.63, 3.8) is 0 Å². The molecule has 1 fully saturated rings. The molecule has 1 saturated carbocycles. The van der Waals surface area contributed by atoms with Gasteiger partial charge in [-0.1, -0.05) is 12.8 Å². The van der Waals surface area contributed by atoms with Gasteiger partial charge in [0, 0.05) is 18.7 Å². The van der Waals surface area contributed by atoms with E-state index in [1.54, 1.807) is 6.92 Å². The van der Waals surface area contributed by atoms with Crippen LogP contribution in [0.4, 0.5) is 5.82 Å². The first-order valence-corrected chi connectivity index (χ1v) is 6.23. The van der Waals surface area contributed by atoms with Crippen molar-refractivity contribution in [1.82, 2.24) is 9.97 Å². The Bertz CT molecular complexity index is 423. The maximum Gasteiger partial charge on any atom is 0.252 e. The van der Waals surface area contributed by atoms with E-state index in [2.05, 4.69) is 15.3 Å². The lowest BCUT2D eigenvalue weighted by atomic mass is 9.98. The maximum atomic E-state index is 11.3. The zero-order valence-corrected chi connectivity index (χ0v) is 10.2. The van der Waals surface area contributed by atoms with Gasteiger partial charge in [0.2, 0.25) is 0 Å². The third kappa shape index (κ3) is 3.06. The van der Waals surface area contributed by atoms with E-state index in [9.17, 15) is 4.79 Å². The third-order valence-corrected chi connectivity index (χ3v) is 3.42. The Morgan fingerprint density at radius 3 is 2.88 bits per heavy atom. The number of hydrogen-bond acceptors (Lipinski definition) is 4. The van der Waals surface area contributed by atoms with Crippen LogP contribution in [0.15, 0.2) is 10.9 Å². The van der Waals surface area contributed by atoms with Crippen molar-refractivity contribution < 1.29 is 0 Å². The number of nitrogens with one attached hydrogen (secondary N) is 2. The van der Waals surface area contributed by atoms with Gasteiger partial charge in [0.15, 0.2) is 0 Å². The molecule has 1 aromatic rings. The van der Waals surface area contributed by atoms with E-state index < -0.39 is 0 Å². The van der Waals surface area contributed by atoms with Crippen LogP contribution in [0.5, 0.6) is 0 Å². The van der Waals surface area contributed by atoms with Gasteiger partial charge in [0.25, 0.3) is 5.56 Å². The number of rotatable bonds is 4. The highest BCUT2D eigenvalue weighted by atomic mass is 16.1. The van der Waals surface area contributed by atoms with Crippen molar-refractivity contribution in [2.45, 2.75) is 38.6 Å². The monoisotopic (exact) mass is 236 g/mol. The highest BCUT2D eigenvalue weighted by Crippen LogP contribution is 2.28. The van der Waals surface area contributed by atoms with Crippen LogP contribution in [-0.4, -0.2) is 22.6 Å². The topological polar surface area (TPSA) is 83.8 Å². The Balaban J connectivity index is 2.09. The number of anilines is 1. The Hall–Kier alpha value is -1.36. The van der Waals surface area contributed by atoms with Crippen molar-refractivity contribution in [3.05, 3.63) is 22.2 Å². The molecule has 1 unspecified atom stereocenters. The van der Waals surface area contributed by atoms with Gasteiger partial charge in [-0.15, -0.1) is 0 Å². The second-order valence-electron chi connectivity index (χ2n) is 4.75. The third-order valence-electron chi connectivity index (χ3n) is 3.42. The smallest absolute Gasteiger partial charge is 0.252 e. The number of H-pyrrole nitrogens is 1. The van der Waals surface area contributed by atoms with Crippen molar-refractivity contribution in [2.24, 2.45) is 11.7 Å². The van der Waals surface area contributed by atoms with Gasteiger partial charge in [0.05, 0.1) is 0 Å². The number of aromatic amines is 1. The number of nitrogens with zero attached hydrogens (tertiary/aromatic N) is 1. The molecule has 0 amide bonds. The van der Waals surface area contributed by atoms with Crippen LogP contribution in [-0.2, 0) is 0 Å². The van der Waals surface area contributed by atoms with Crippen molar-refractivity contribution in [1.29, 1.82) is 0 Å². The van der Waals surface area contributed by atoms with Crippen LogP contribution in [0.25, 0.3) is 0 Å². The van der Waals surface area contributed by atoms with Crippen LogP contribution in [0.3, 0.4) is 0 Å². The first-order chi connectivity index (χ1) is 8.19. The molecule has 0 bridgehead atoms. The number of nitrogens with two attached hydrogens (primary N) is 1. The Labute approximate surface area is 101 Å². The molecular formula is C12H20N4O. The molecule has 1 aliphatic rings. The predicted molar refractivity (Wildman–Crippen MR) is 68.0 cm³/mol. The number of hydrogen-bond donors (Lipinski definition) is 3. The highest BCUT2D eigenvalue weighted by molar-refractivity contribution is 5.34. The van der Waals surface area contributed by atoms with E-state index in [-0.39, 0.29) is 11.6 Å². The lowest BCUT2D eigenvalue weighted by Gasteiger charge is -2.23. The summed E-state index contributed by atoms with van der Waals surface area (Å²) in [6.07, 6.45) is 5.00. The molecule has 17 heavy (non-hydrogen) atoms. The van der Waals surface area contributed by atoms with Crippen LogP contribution in [0, 0.1) is 12.8 Å². The Morgan fingerprint density at radius 1 is 1.59 bits per heavy atom. The molecule has 0 spiro atoms.